The topological polar surface area (TPSA) is 49.9 Å². The van der Waals surface area contributed by atoms with Gasteiger partial charge in [-0.2, -0.15) is 0 Å². The number of halogens is 1. The highest BCUT2D eigenvalue weighted by atomic mass is 19.1. The second-order valence-electron chi connectivity index (χ2n) is 12.1. The summed E-state index contributed by atoms with van der Waals surface area (Å²) in [5.41, 5.74) is 3.11. The van der Waals surface area contributed by atoms with Crippen LogP contribution in [0, 0.1) is 5.82 Å². The number of piperazine rings is 1. The third-order valence-corrected chi connectivity index (χ3v) is 6.98. The fourth-order valence-electron chi connectivity index (χ4n) is 4.90. The molecule has 0 aromatic heterocycles. The van der Waals surface area contributed by atoms with Crippen LogP contribution in [0.3, 0.4) is 0 Å². The van der Waals surface area contributed by atoms with Crippen molar-refractivity contribution in [3.05, 3.63) is 64.5 Å². The highest BCUT2D eigenvalue weighted by Crippen LogP contribution is 2.36. The van der Waals surface area contributed by atoms with Gasteiger partial charge in [0.25, 0.3) is 5.91 Å². The second kappa shape index (κ2) is 10.7. The van der Waals surface area contributed by atoms with E-state index in [0.29, 0.717) is 17.9 Å². The lowest BCUT2D eigenvalue weighted by molar-refractivity contribution is -0.139. The average molecular weight is 497 g/mol. The zero-order chi connectivity index (χ0) is 26.8. The van der Waals surface area contributed by atoms with E-state index in [1.54, 1.807) is 0 Å². The number of carbonyl (C=O) groups is 2. The SMILES string of the molecule is C[C@@H]1CN(C(=O)COc2cc(C(C)(C)C)c(C=O)c(C(C)(C)C)c2)[C@@H](C)CN1Cc1ccc(F)cc1. The summed E-state index contributed by atoms with van der Waals surface area (Å²) < 4.78 is 19.3. The van der Waals surface area contributed by atoms with E-state index in [9.17, 15) is 14.0 Å². The lowest BCUT2D eigenvalue weighted by Crippen LogP contribution is -2.58. The van der Waals surface area contributed by atoms with Crippen LogP contribution < -0.4 is 4.74 Å². The summed E-state index contributed by atoms with van der Waals surface area (Å²) in [5, 5.41) is 0. The van der Waals surface area contributed by atoms with Gasteiger partial charge in [0, 0.05) is 37.3 Å². The Kier molecular flexibility index (Phi) is 8.29. The number of aldehydes is 1. The first-order valence-corrected chi connectivity index (χ1v) is 12.8. The van der Waals surface area contributed by atoms with Gasteiger partial charge in [0.05, 0.1) is 0 Å². The van der Waals surface area contributed by atoms with Gasteiger partial charge in [-0.3, -0.25) is 14.5 Å². The number of ether oxygens (including phenoxy) is 1. The van der Waals surface area contributed by atoms with Crippen LogP contribution in [-0.4, -0.2) is 53.8 Å². The Bertz CT molecular complexity index is 1050. The number of amides is 1. The molecule has 2 aromatic carbocycles. The molecule has 1 fully saturated rings. The van der Waals surface area contributed by atoms with Crippen molar-refractivity contribution in [3.8, 4) is 5.75 Å². The normalized spacial score (nSPS) is 19.3. The first-order chi connectivity index (χ1) is 16.7. The molecule has 0 bridgehead atoms. The van der Waals surface area contributed by atoms with E-state index >= 15 is 0 Å². The molecule has 0 saturated carbocycles. The summed E-state index contributed by atoms with van der Waals surface area (Å²) >= 11 is 0. The van der Waals surface area contributed by atoms with Crippen LogP contribution >= 0.6 is 0 Å². The van der Waals surface area contributed by atoms with Crippen LogP contribution in [0.15, 0.2) is 36.4 Å². The maximum atomic E-state index is 13.3. The van der Waals surface area contributed by atoms with Crippen LogP contribution in [0.25, 0.3) is 0 Å². The molecule has 6 heteroatoms. The molecule has 2 aromatic rings. The minimum Gasteiger partial charge on any atom is -0.484 e. The zero-order valence-electron chi connectivity index (χ0n) is 23.0. The Hall–Kier alpha value is -2.73. The molecule has 1 saturated heterocycles. The van der Waals surface area contributed by atoms with Crippen molar-refractivity contribution >= 4 is 12.2 Å². The van der Waals surface area contributed by atoms with Gasteiger partial charge in [-0.25, -0.2) is 4.39 Å². The largest absolute Gasteiger partial charge is 0.484 e. The van der Waals surface area contributed by atoms with E-state index in [4.69, 9.17) is 4.74 Å². The van der Waals surface area contributed by atoms with Crippen LogP contribution in [0.4, 0.5) is 4.39 Å². The molecule has 0 spiro atoms. The lowest BCUT2D eigenvalue weighted by atomic mass is 9.76. The summed E-state index contributed by atoms with van der Waals surface area (Å²) in [6, 6.07) is 10.6. The minimum atomic E-state index is -0.246. The minimum absolute atomic E-state index is 0.0328. The van der Waals surface area contributed by atoms with Gasteiger partial charge in [-0.05, 0) is 65.6 Å². The quantitative estimate of drug-likeness (QED) is 0.479. The van der Waals surface area contributed by atoms with Gasteiger partial charge in [0.1, 0.15) is 11.6 Å². The van der Waals surface area contributed by atoms with Crippen LogP contribution in [0.1, 0.15) is 82.4 Å². The van der Waals surface area contributed by atoms with E-state index in [-0.39, 0.29) is 41.2 Å². The van der Waals surface area contributed by atoms with Crippen molar-refractivity contribution in [3.63, 3.8) is 0 Å². The van der Waals surface area contributed by atoms with Crippen LogP contribution in [-0.2, 0) is 22.2 Å². The van der Waals surface area contributed by atoms with Gasteiger partial charge < -0.3 is 9.64 Å². The molecule has 0 unspecified atom stereocenters. The molecule has 5 nitrogen and oxygen atoms in total. The van der Waals surface area contributed by atoms with Crippen molar-refractivity contribution in [1.29, 1.82) is 0 Å². The average Bonchev–Trinajstić information content (AvgIpc) is 2.79. The summed E-state index contributed by atoms with van der Waals surface area (Å²) in [6.45, 7) is 18.6. The summed E-state index contributed by atoms with van der Waals surface area (Å²) in [5.74, 6) is 0.324. The predicted molar refractivity (Wildman–Crippen MR) is 142 cm³/mol. The molecule has 36 heavy (non-hydrogen) atoms. The van der Waals surface area contributed by atoms with Gasteiger partial charge in [0.15, 0.2) is 12.9 Å². The number of nitrogens with zero attached hydrogens (tertiary/aromatic N) is 2. The van der Waals surface area contributed by atoms with Crippen molar-refractivity contribution in [2.24, 2.45) is 0 Å². The van der Waals surface area contributed by atoms with Gasteiger partial charge in [-0.15, -0.1) is 0 Å². The third-order valence-electron chi connectivity index (χ3n) is 6.98. The van der Waals surface area contributed by atoms with Crippen molar-refractivity contribution in [1.82, 2.24) is 9.80 Å². The summed E-state index contributed by atoms with van der Waals surface area (Å²) in [4.78, 5) is 29.4. The Morgan fingerprint density at radius 3 is 2.03 bits per heavy atom. The van der Waals surface area contributed by atoms with E-state index in [1.165, 1.54) is 12.1 Å². The molecule has 3 rings (SSSR count). The Labute approximate surface area is 215 Å². The van der Waals surface area contributed by atoms with Crippen molar-refractivity contribution in [2.45, 2.75) is 84.8 Å². The molecular formula is C30H41FN2O3. The standard InChI is InChI=1S/C30H41FN2O3/c1-20-16-33(21(2)15-32(20)17-22-9-11-23(31)12-10-22)28(35)19-36-24-13-26(29(3,4)5)25(18-34)27(14-24)30(6,7)8/h9-14,18,20-21H,15-17,19H2,1-8H3/t20-,21+/m1/s1. The molecule has 196 valence electrons. The molecule has 0 radical (unpaired) electrons. The van der Waals surface area contributed by atoms with Crippen molar-refractivity contribution in [2.75, 3.05) is 19.7 Å². The summed E-state index contributed by atoms with van der Waals surface area (Å²) in [7, 11) is 0. The predicted octanol–water partition coefficient (Wildman–Crippen LogP) is 5.73. The number of benzene rings is 2. The number of rotatable bonds is 6. The monoisotopic (exact) mass is 496 g/mol. The fourth-order valence-corrected chi connectivity index (χ4v) is 4.90. The molecule has 1 aliphatic heterocycles. The molecule has 0 N–H and O–H groups in total. The van der Waals surface area contributed by atoms with Crippen molar-refractivity contribution < 1.29 is 18.7 Å². The van der Waals surface area contributed by atoms with Gasteiger partial charge in [-0.1, -0.05) is 53.7 Å². The fraction of sp³-hybridized carbons (Fsp3) is 0.533. The first-order valence-electron chi connectivity index (χ1n) is 12.8. The molecule has 0 aliphatic carbocycles. The highest BCUT2D eigenvalue weighted by molar-refractivity contribution is 5.82. The van der Waals surface area contributed by atoms with E-state index in [2.05, 4.69) is 60.3 Å². The third kappa shape index (κ3) is 6.52. The van der Waals surface area contributed by atoms with E-state index in [1.807, 2.05) is 29.2 Å². The lowest BCUT2D eigenvalue weighted by Gasteiger charge is -2.44. The number of carbonyl (C=O) groups excluding carboxylic acids is 2. The smallest absolute Gasteiger partial charge is 0.260 e. The molecule has 1 amide bonds. The number of hydrogen-bond acceptors (Lipinski definition) is 4. The first kappa shape index (κ1) is 27.9. The van der Waals surface area contributed by atoms with Crippen LogP contribution in [0.2, 0.25) is 0 Å². The number of hydrogen-bond donors (Lipinski definition) is 0. The Morgan fingerprint density at radius 2 is 1.53 bits per heavy atom. The van der Waals surface area contributed by atoms with Gasteiger partial charge >= 0.3 is 0 Å². The molecular weight excluding hydrogens is 455 g/mol. The summed E-state index contributed by atoms with van der Waals surface area (Å²) in [6.07, 6.45) is 0.935. The molecule has 1 aliphatic rings. The van der Waals surface area contributed by atoms with Gasteiger partial charge in [0.2, 0.25) is 0 Å². The highest BCUT2D eigenvalue weighted by Gasteiger charge is 2.32. The second-order valence-corrected chi connectivity index (χ2v) is 12.1. The van der Waals surface area contributed by atoms with E-state index < -0.39 is 0 Å². The Morgan fingerprint density at radius 1 is 0.972 bits per heavy atom. The zero-order valence-corrected chi connectivity index (χ0v) is 23.0. The Balaban J connectivity index is 1.72. The maximum absolute atomic E-state index is 13.3. The molecule has 1 heterocycles. The van der Waals surface area contributed by atoms with Crippen LogP contribution in [0.5, 0.6) is 5.75 Å². The maximum Gasteiger partial charge on any atom is 0.260 e. The molecule has 2 atom stereocenters. The van der Waals surface area contributed by atoms with E-state index in [0.717, 1.165) is 36.1 Å².